The molecule has 0 spiro atoms. The molecule has 0 aromatic heterocycles. The van der Waals surface area contributed by atoms with E-state index >= 15 is 0 Å². The van der Waals surface area contributed by atoms with Gasteiger partial charge in [-0.15, -0.1) is 16.3 Å². The van der Waals surface area contributed by atoms with Crippen LogP contribution in [-0.2, 0) is 23.4 Å². The number of rotatable bonds is 7. The summed E-state index contributed by atoms with van der Waals surface area (Å²) in [6, 6.07) is 5.22. The van der Waals surface area contributed by atoms with E-state index in [1.54, 1.807) is 25.1 Å². The van der Waals surface area contributed by atoms with E-state index in [1.165, 1.54) is 11.8 Å². The van der Waals surface area contributed by atoms with Crippen LogP contribution in [-0.4, -0.2) is 21.0 Å². The van der Waals surface area contributed by atoms with Gasteiger partial charge in [0.05, 0.1) is 0 Å². The molecule has 1 atom stereocenters. The van der Waals surface area contributed by atoms with Gasteiger partial charge in [0, 0.05) is 4.90 Å². The lowest BCUT2D eigenvalue weighted by Gasteiger charge is -2.11. The van der Waals surface area contributed by atoms with E-state index in [-0.39, 0.29) is 4.90 Å². The Labute approximate surface area is 112 Å². The minimum absolute atomic E-state index is 0.148. The second-order valence-corrected chi connectivity index (χ2v) is 6.57. The topological polar surface area (TPSA) is 69.7 Å². The van der Waals surface area contributed by atoms with Crippen molar-refractivity contribution >= 4 is 30.6 Å². The van der Waals surface area contributed by atoms with Gasteiger partial charge in [-0.3, -0.25) is 0 Å². The summed E-state index contributed by atoms with van der Waals surface area (Å²) in [5.74, 6) is 0.754. The van der Waals surface area contributed by atoms with Crippen molar-refractivity contribution < 1.29 is 21.7 Å². The highest BCUT2D eigenvalue weighted by Gasteiger charge is 2.22. The molecule has 0 amide bonds. The van der Waals surface area contributed by atoms with Crippen molar-refractivity contribution in [3.05, 3.63) is 23.8 Å². The molecule has 0 fully saturated rings. The Bertz CT molecular complexity index is 515. The van der Waals surface area contributed by atoms with Gasteiger partial charge in [-0.25, -0.2) is 4.18 Å². The third-order valence-corrected chi connectivity index (χ3v) is 4.80. The van der Waals surface area contributed by atoms with Crippen molar-refractivity contribution in [1.82, 2.24) is 0 Å². The zero-order valence-corrected chi connectivity index (χ0v) is 12.6. The standard InChI is InChI=1S/C10H14O5PS2/c1-3-17-9-6-4-5-8(2)10(9)18(12,13)15-7-14-16-11/h4-6,16H,3,7H2,1-2H3/q+1. The summed E-state index contributed by atoms with van der Waals surface area (Å²) in [5, 5.41) is 0. The molecule has 0 bridgehead atoms. The minimum Gasteiger partial charge on any atom is -0.232 e. The molecule has 18 heavy (non-hydrogen) atoms. The number of hydrogen-bond donors (Lipinski definition) is 0. The van der Waals surface area contributed by atoms with Crippen LogP contribution < -0.4 is 0 Å². The molecule has 0 aliphatic carbocycles. The molecule has 0 aliphatic heterocycles. The second-order valence-electron chi connectivity index (χ2n) is 3.25. The first-order valence-electron chi connectivity index (χ1n) is 5.13. The van der Waals surface area contributed by atoms with Crippen LogP contribution in [0.2, 0.25) is 0 Å². The molecule has 1 aromatic carbocycles. The lowest BCUT2D eigenvalue weighted by atomic mass is 10.2. The number of thioether (sulfide) groups is 1. The van der Waals surface area contributed by atoms with E-state index in [2.05, 4.69) is 8.71 Å². The van der Waals surface area contributed by atoms with E-state index in [4.69, 9.17) is 0 Å². The van der Waals surface area contributed by atoms with Gasteiger partial charge in [-0.2, -0.15) is 8.42 Å². The lowest BCUT2D eigenvalue weighted by molar-refractivity contribution is 0.139. The first kappa shape index (κ1) is 15.6. The smallest absolute Gasteiger partial charge is 0.232 e. The van der Waals surface area contributed by atoms with E-state index in [9.17, 15) is 13.0 Å². The molecule has 5 nitrogen and oxygen atoms in total. The summed E-state index contributed by atoms with van der Waals surface area (Å²) in [6.07, 6.45) is 0. The maximum atomic E-state index is 12.0. The molecular weight excluding hydrogens is 295 g/mol. The quantitative estimate of drug-likeness (QED) is 0.254. The van der Waals surface area contributed by atoms with Crippen LogP contribution in [0.5, 0.6) is 0 Å². The van der Waals surface area contributed by atoms with E-state index < -0.39 is 25.6 Å². The number of benzene rings is 1. The number of aryl methyl sites for hydroxylation is 1. The van der Waals surface area contributed by atoms with Crippen LogP contribution in [0.15, 0.2) is 28.0 Å². The predicted octanol–water partition coefficient (Wildman–Crippen LogP) is 2.73. The van der Waals surface area contributed by atoms with Gasteiger partial charge in [-0.1, -0.05) is 19.1 Å². The molecule has 1 rings (SSSR count). The van der Waals surface area contributed by atoms with Crippen molar-refractivity contribution in [2.45, 2.75) is 23.6 Å². The molecule has 8 heteroatoms. The molecule has 0 N–H and O–H groups in total. The van der Waals surface area contributed by atoms with Gasteiger partial charge in [0.25, 0.3) is 0 Å². The van der Waals surface area contributed by atoms with Crippen molar-refractivity contribution in [2.24, 2.45) is 0 Å². The van der Waals surface area contributed by atoms with Crippen LogP contribution in [0.3, 0.4) is 0 Å². The van der Waals surface area contributed by atoms with Crippen LogP contribution in [0.1, 0.15) is 12.5 Å². The molecular formula is C10H14O5PS2+. The van der Waals surface area contributed by atoms with Crippen LogP contribution in [0, 0.1) is 6.92 Å². The monoisotopic (exact) mass is 309 g/mol. The molecule has 0 heterocycles. The minimum atomic E-state index is -3.90. The SMILES string of the molecule is CCSc1cccc(C)c1S(=O)(=O)OCO[PH+]=O. The van der Waals surface area contributed by atoms with Crippen molar-refractivity contribution in [1.29, 1.82) is 0 Å². The Morgan fingerprint density at radius 1 is 1.39 bits per heavy atom. The Balaban J connectivity index is 3.09. The van der Waals surface area contributed by atoms with Crippen molar-refractivity contribution in [2.75, 3.05) is 12.5 Å². The molecule has 0 aliphatic rings. The fraction of sp³-hybridized carbons (Fsp3) is 0.400. The van der Waals surface area contributed by atoms with E-state index in [0.29, 0.717) is 10.5 Å². The van der Waals surface area contributed by atoms with E-state index in [1.807, 2.05) is 6.92 Å². The summed E-state index contributed by atoms with van der Waals surface area (Å²) < 4.78 is 43.2. The average Bonchev–Trinajstić information content (AvgIpc) is 2.29. The zero-order valence-electron chi connectivity index (χ0n) is 10.0. The second kappa shape index (κ2) is 7.21. The Kier molecular flexibility index (Phi) is 6.25. The molecule has 100 valence electrons. The fourth-order valence-corrected chi connectivity index (χ4v) is 3.91. The average molecular weight is 309 g/mol. The Morgan fingerprint density at radius 3 is 2.72 bits per heavy atom. The van der Waals surface area contributed by atoms with Crippen molar-refractivity contribution in [3.8, 4) is 0 Å². The Morgan fingerprint density at radius 2 is 2.11 bits per heavy atom. The first-order chi connectivity index (χ1) is 8.53. The highest BCUT2D eigenvalue weighted by Crippen LogP contribution is 2.30. The Hall–Kier alpha value is -0.460. The van der Waals surface area contributed by atoms with Gasteiger partial charge < -0.3 is 0 Å². The van der Waals surface area contributed by atoms with Gasteiger partial charge in [0.2, 0.25) is 6.79 Å². The predicted molar refractivity (Wildman–Crippen MR) is 70.8 cm³/mol. The maximum Gasteiger partial charge on any atom is 0.496 e. The lowest BCUT2D eigenvalue weighted by Crippen LogP contribution is -2.10. The largest absolute Gasteiger partial charge is 0.496 e. The summed E-state index contributed by atoms with van der Waals surface area (Å²) in [7, 11) is -4.94. The summed E-state index contributed by atoms with van der Waals surface area (Å²) in [4.78, 5) is 0.789. The summed E-state index contributed by atoms with van der Waals surface area (Å²) >= 11 is 1.42. The number of hydrogen-bond acceptors (Lipinski definition) is 6. The highest BCUT2D eigenvalue weighted by molar-refractivity contribution is 8.00. The van der Waals surface area contributed by atoms with Crippen LogP contribution >= 0.6 is 20.4 Å². The summed E-state index contributed by atoms with van der Waals surface area (Å²) in [5.41, 5.74) is 0.609. The molecule has 1 unspecified atom stereocenters. The molecule has 0 radical (unpaired) electrons. The van der Waals surface area contributed by atoms with Gasteiger partial charge in [0.1, 0.15) is 4.90 Å². The molecule has 0 saturated carbocycles. The third kappa shape index (κ3) is 4.03. The first-order valence-corrected chi connectivity index (χ1v) is 8.34. The maximum absolute atomic E-state index is 12.0. The normalized spacial score (nSPS) is 11.9. The molecule has 1 aromatic rings. The molecule has 0 saturated heterocycles. The third-order valence-electron chi connectivity index (χ3n) is 2.05. The van der Waals surface area contributed by atoms with Crippen LogP contribution in [0.4, 0.5) is 0 Å². The van der Waals surface area contributed by atoms with E-state index in [0.717, 1.165) is 5.75 Å². The summed E-state index contributed by atoms with van der Waals surface area (Å²) in [6.45, 7) is 3.09. The van der Waals surface area contributed by atoms with Gasteiger partial charge in [-0.05, 0) is 28.9 Å². The highest BCUT2D eigenvalue weighted by atomic mass is 32.2. The van der Waals surface area contributed by atoms with Gasteiger partial charge >= 0.3 is 18.8 Å². The fourth-order valence-electron chi connectivity index (χ4n) is 1.39. The zero-order chi connectivity index (χ0) is 13.6. The van der Waals surface area contributed by atoms with Crippen LogP contribution in [0.25, 0.3) is 0 Å². The van der Waals surface area contributed by atoms with Gasteiger partial charge in [0.15, 0.2) is 0 Å². The van der Waals surface area contributed by atoms with Crippen molar-refractivity contribution in [3.63, 3.8) is 0 Å².